The third kappa shape index (κ3) is 4.45. The first kappa shape index (κ1) is 23.3. The van der Waals surface area contributed by atoms with E-state index in [9.17, 15) is 8.42 Å². The van der Waals surface area contributed by atoms with Crippen molar-refractivity contribution in [1.29, 1.82) is 0 Å². The molecule has 2 aromatic heterocycles. The zero-order valence-corrected chi connectivity index (χ0v) is 21.6. The Morgan fingerprint density at radius 3 is 2.59 bits per heavy atom. The van der Waals surface area contributed by atoms with Gasteiger partial charge in [-0.25, -0.2) is 13.4 Å². The molecular formula is C24H23BrClN5O2S. The number of piperidine rings is 1. The van der Waals surface area contributed by atoms with Crippen LogP contribution >= 0.6 is 27.5 Å². The summed E-state index contributed by atoms with van der Waals surface area (Å²) in [5.74, 6) is 0.783. The standard InChI is InChI=1S/C24H23BrClN5O2S/c1-16-5-4-6-18(13-16)34(32,33)30-11-9-17(10-12-30)28-23-14-22(19-7-2-3-8-21(19)26)29-24-20(25)15-27-31(23)24/h2-8,13-15,17,28H,9-12H2,1H3. The van der Waals surface area contributed by atoms with Crippen molar-refractivity contribution in [3.63, 3.8) is 0 Å². The average Bonchev–Trinajstić information content (AvgIpc) is 3.21. The predicted molar refractivity (Wildman–Crippen MR) is 138 cm³/mol. The van der Waals surface area contributed by atoms with E-state index >= 15 is 0 Å². The second-order valence-electron chi connectivity index (χ2n) is 8.37. The molecule has 7 nitrogen and oxygen atoms in total. The fourth-order valence-electron chi connectivity index (χ4n) is 4.22. The largest absolute Gasteiger partial charge is 0.367 e. The molecule has 10 heteroatoms. The number of hydrogen-bond donors (Lipinski definition) is 1. The topological polar surface area (TPSA) is 79.6 Å². The second-order valence-corrected chi connectivity index (χ2v) is 11.6. The maximum Gasteiger partial charge on any atom is 0.243 e. The number of hydrogen-bond acceptors (Lipinski definition) is 5. The zero-order valence-electron chi connectivity index (χ0n) is 18.4. The third-order valence-corrected chi connectivity index (χ3v) is 8.80. The summed E-state index contributed by atoms with van der Waals surface area (Å²) in [6, 6.07) is 16.7. The van der Waals surface area contributed by atoms with Crippen molar-refractivity contribution in [3.05, 3.63) is 75.9 Å². The van der Waals surface area contributed by atoms with Gasteiger partial charge in [0.15, 0.2) is 5.65 Å². The molecule has 0 unspecified atom stereocenters. The molecule has 1 aliphatic heterocycles. The van der Waals surface area contributed by atoms with E-state index in [-0.39, 0.29) is 6.04 Å². The van der Waals surface area contributed by atoms with Gasteiger partial charge in [-0.1, -0.05) is 41.9 Å². The van der Waals surface area contributed by atoms with Crippen molar-refractivity contribution < 1.29 is 8.42 Å². The van der Waals surface area contributed by atoms with Crippen molar-refractivity contribution >= 4 is 49.0 Å². The van der Waals surface area contributed by atoms with E-state index in [1.807, 2.05) is 43.3 Å². The van der Waals surface area contributed by atoms with E-state index in [2.05, 4.69) is 26.3 Å². The highest BCUT2D eigenvalue weighted by atomic mass is 79.9. The first-order valence-electron chi connectivity index (χ1n) is 11.0. The van der Waals surface area contributed by atoms with Gasteiger partial charge in [-0.15, -0.1) is 0 Å². The Morgan fingerprint density at radius 1 is 1.09 bits per heavy atom. The van der Waals surface area contributed by atoms with Crippen LogP contribution < -0.4 is 5.32 Å². The third-order valence-electron chi connectivity index (χ3n) is 6.01. The number of aryl methyl sites for hydroxylation is 1. The van der Waals surface area contributed by atoms with Gasteiger partial charge < -0.3 is 5.32 Å². The molecule has 176 valence electrons. The normalized spacial score (nSPS) is 15.6. The van der Waals surface area contributed by atoms with Gasteiger partial charge in [-0.05, 0) is 59.5 Å². The molecule has 1 fully saturated rings. The van der Waals surface area contributed by atoms with Crippen LogP contribution in [0.3, 0.4) is 0 Å². The highest BCUT2D eigenvalue weighted by Crippen LogP contribution is 2.31. The summed E-state index contributed by atoms with van der Waals surface area (Å²) in [6.07, 6.45) is 3.07. The summed E-state index contributed by atoms with van der Waals surface area (Å²) in [4.78, 5) is 5.09. The summed E-state index contributed by atoms with van der Waals surface area (Å²) in [7, 11) is -3.50. The number of nitrogens with one attached hydrogen (secondary N) is 1. The lowest BCUT2D eigenvalue weighted by molar-refractivity contribution is 0.329. The van der Waals surface area contributed by atoms with Crippen molar-refractivity contribution in [2.75, 3.05) is 18.4 Å². The van der Waals surface area contributed by atoms with Crippen LogP contribution in [0.1, 0.15) is 18.4 Å². The van der Waals surface area contributed by atoms with Crippen LogP contribution in [0, 0.1) is 6.92 Å². The van der Waals surface area contributed by atoms with Gasteiger partial charge in [0.05, 0.1) is 21.3 Å². The number of halogens is 2. The number of aromatic nitrogens is 3. The van der Waals surface area contributed by atoms with Crippen LogP contribution in [-0.4, -0.2) is 46.5 Å². The van der Waals surface area contributed by atoms with E-state index in [1.54, 1.807) is 33.2 Å². The fraction of sp³-hybridized carbons (Fsp3) is 0.250. The lowest BCUT2D eigenvalue weighted by Gasteiger charge is -2.32. The van der Waals surface area contributed by atoms with Gasteiger partial charge in [-0.3, -0.25) is 0 Å². The van der Waals surface area contributed by atoms with Gasteiger partial charge in [0, 0.05) is 35.8 Å². The summed E-state index contributed by atoms with van der Waals surface area (Å²) in [5, 5.41) is 8.63. The number of nitrogens with zero attached hydrogens (tertiary/aromatic N) is 4. The highest BCUT2D eigenvalue weighted by Gasteiger charge is 2.30. The summed E-state index contributed by atoms with van der Waals surface area (Å²) >= 11 is 9.96. The van der Waals surface area contributed by atoms with Crippen LogP contribution in [0.15, 0.2) is 70.2 Å². The number of sulfonamides is 1. The quantitative estimate of drug-likeness (QED) is 0.354. The number of anilines is 1. The predicted octanol–water partition coefficient (Wildman–Crippen LogP) is 5.39. The Bertz CT molecular complexity index is 1470. The molecule has 0 saturated carbocycles. The van der Waals surface area contributed by atoms with Crippen LogP contribution in [0.25, 0.3) is 16.9 Å². The van der Waals surface area contributed by atoms with Crippen molar-refractivity contribution in [2.24, 2.45) is 0 Å². The van der Waals surface area contributed by atoms with E-state index in [4.69, 9.17) is 16.6 Å². The lowest BCUT2D eigenvalue weighted by Crippen LogP contribution is -2.42. The van der Waals surface area contributed by atoms with Crippen LogP contribution in [0.4, 0.5) is 5.82 Å². The summed E-state index contributed by atoms with van der Waals surface area (Å²) < 4.78 is 30.3. The number of benzene rings is 2. The minimum absolute atomic E-state index is 0.0941. The van der Waals surface area contributed by atoms with Crippen LogP contribution in [-0.2, 0) is 10.0 Å². The molecule has 4 aromatic rings. The summed E-state index contributed by atoms with van der Waals surface area (Å²) in [6.45, 7) is 2.79. The highest BCUT2D eigenvalue weighted by molar-refractivity contribution is 9.10. The molecule has 0 amide bonds. The monoisotopic (exact) mass is 559 g/mol. The van der Waals surface area contributed by atoms with E-state index in [1.165, 1.54) is 0 Å². The molecule has 34 heavy (non-hydrogen) atoms. The van der Waals surface area contributed by atoms with Gasteiger partial charge >= 0.3 is 0 Å². The Hall–Kier alpha value is -2.46. The van der Waals surface area contributed by atoms with Gasteiger partial charge in [0.25, 0.3) is 0 Å². The Balaban J connectivity index is 1.38. The molecule has 1 saturated heterocycles. The van der Waals surface area contributed by atoms with E-state index < -0.39 is 10.0 Å². The SMILES string of the molecule is Cc1cccc(S(=O)(=O)N2CCC(Nc3cc(-c4ccccc4Cl)nc4c(Br)cnn34)CC2)c1. The first-order chi connectivity index (χ1) is 16.3. The molecular weight excluding hydrogens is 538 g/mol. The lowest BCUT2D eigenvalue weighted by atomic mass is 10.1. The van der Waals surface area contributed by atoms with Gasteiger partial charge in [-0.2, -0.15) is 13.9 Å². The molecule has 2 aromatic carbocycles. The van der Waals surface area contributed by atoms with Crippen molar-refractivity contribution in [2.45, 2.75) is 30.7 Å². The summed E-state index contributed by atoms with van der Waals surface area (Å²) in [5.41, 5.74) is 3.18. The molecule has 1 aliphatic rings. The smallest absolute Gasteiger partial charge is 0.243 e. The van der Waals surface area contributed by atoms with Gasteiger partial charge in [0.2, 0.25) is 10.0 Å². The molecule has 0 spiro atoms. The molecule has 5 rings (SSSR count). The maximum absolute atomic E-state index is 13.1. The Labute approximate surface area is 211 Å². The van der Waals surface area contributed by atoms with E-state index in [0.717, 1.165) is 27.1 Å². The fourth-order valence-corrected chi connectivity index (χ4v) is 6.38. The zero-order chi connectivity index (χ0) is 23.9. The van der Waals surface area contributed by atoms with E-state index in [0.29, 0.717) is 41.5 Å². The maximum atomic E-state index is 13.1. The van der Waals surface area contributed by atoms with Gasteiger partial charge in [0.1, 0.15) is 5.82 Å². The molecule has 3 heterocycles. The van der Waals surface area contributed by atoms with Crippen molar-refractivity contribution in [3.8, 4) is 11.3 Å². The van der Waals surface area contributed by atoms with Crippen molar-refractivity contribution in [1.82, 2.24) is 18.9 Å². The number of fused-ring (bicyclic) bond motifs is 1. The molecule has 0 bridgehead atoms. The number of rotatable bonds is 5. The van der Waals surface area contributed by atoms with Crippen LogP contribution in [0.2, 0.25) is 5.02 Å². The average molecular weight is 561 g/mol. The Kier molecular flexibility index (Phi) is 6.37. The second kappa shape index (κ2) is 9.30. The minimum atomic E-state index is -3.50. The molecule has 0 radical (unpaired) electrons. The molecule has 0 aliphatic carbocycles. The molecule has 1 N–H and O–H groups in total. The Morgan fingerprint density at radius 2 is 1.85 bits per heavy atom. The molecule has 0 atom stereocenters. The van der Waals surface area contributed by atoms with Crippen LogP contribution in [0.5, 0.6) is 0 Å². The minimum Gasteiger partial charge on any atom is -0.367 e. The first-order valence-corrected chi connectivity index (χ1v) is 13.6.